The molecular formula is C4H4N2O2. The van der Waals surface area contributed by atoms with Gasteiger partial charge in [-0.05, 0) is 0 Å². The van der Waals surface area contributed by atoms with Crippen LogP contribution < -0.4 is 0 Å². The predicted molar refractivity (Wildman–Crippen MR) is 23.0 cm³/mol. The molecule has 0 spiro atoms. The number of aliphatic hydroxyl groups is 2. The molecular weight excluding hydrogens is 108 g/mol. The summed E-state index contributed by atoms with van der Waals surface area (Å²) < 4.78 is 0. The van der Waals surface area contributed by atoms with Crippen LogP contribution in [0.1, 0.15) is 6.42 Å². The lowest BCUT2D eigenvalue weighted by Gasteiger charge is -2.04. The third-order valence-electron chi connectivity index (χ3n) is 0.505. The molecule has 42 valence electrons. The van der Waals surface area contributed by atoms with Crippen LogP contribution in [0.25, 0.3) is 0 Å². The highest BCUT2D eigenvalue weighted by Crippen LogP contribution is 1.99. The molecule has 4 heteroatoms. The van der Waals surface area contributed by atoms with E-state index in [2.05, 4.69) is 0 Å². The van der Waals surface area contributed by atoms with Crippen molar-refractivity contribution in [3.05, 3.63) is 0 Å². The van der Waals surface area contributed by atoms with Gasteiger partial charge in [0, 0.05) is 0 Å². The molecule has 0 fully saturated rings. The maximum absolute atomic E-state index is 8.30. The van der Waals surface area contributed by atoms with E-state index >= 15 is 0 Å². The minimum atomic E-state index is -2.46. The molecule has 0 amide bonds. The molecule has 4 nitrogen and oxygen atoms in total. The van der Waals surface area contributed by atoms with Crippen molar-refractivity contribution in [2.45, 2.75) is 12.2 Å². The third kappa shape index (κ3) is 2.14. The highest BCUT2D eigenvalue weighted by atomic mass is 16.5. The molecule has 0 heterocycles. The lowest BCUT2D eigenvalue weighted by atomic mass is 10.2. The van der Waals surface area contributed by atoms with E-state index in [1.807, 2.05) is 0 Å². The van der Waals surface area contributed by atoms with Crippen LogP contribution in [0.15, 0.2) is 0 Å². The van der Waals surface area contributed by atoms with E-state index in [0.717, 1.165) is 6.07 Å². The highest BCUT2D eigenvalue weighted by Gasteiger charge is 2.20. The molecule has 0 unspecified atom stereocenters. The minimum absolute atomic E-state index is 0.580. The SMILES string of the molecule is N#CCC(O)(O)C#N. The molecule has 0 aliphatic heterocycles. The Balaban J connectivity index is 3.82. The fraction of sp³-hybridized carbons (Fsp3) is 0.500. The van der Waals surface area contributed by atoms with Gasteiger partial charge in [0.25, 0.3) is 5.79 Å². The van der Waals surface area contributed by atoms with Crippen molar-refractivity contribution in [1.29, 1.82) is 10.5 Å². The summed E-state index contributed by atoms with van der Waals surface area (Å²) in [5.41, 5.74) is 0. The van der Waals surface area contributed by atoms with Crippen molar-refractivity contribution in [1.82, 2.24) is 0 Å². The average molecular weight is 112 g/mol. The molecule has 8 heavy (non-hydrogen) atoms. The van der Waals surface area contributed by atoms with Gasteiger partial charge in [0.2, 0.25) is 0 Å². The number of nitriles is 2. The summed E-state index contributed by atoms with van der Waals surface area (Å²) >= 11 is 0. The van der Waals surface area contributed by atoms with E-state index in [1.54, 1.807) is 0 Å². The smallest absolute Gasteiger partial charge is 0.267 e. The molecule has 0 aromatic heterocycles. The third-order valence-corrected chi connectivity index (χ3v) is 0.505. The largest absolute Gasteiger partial charge is 0.353 e. The first-order valence-corrected chi connectivity index (χ1v) is 1.85. The summed E-state index contributed by atoms with van der Waals surface area (Å²) in [6.45, 7) is 0. The Morgan fingerprint density at radius 2 is 1.88 bits per heavy atom. The summed E-state index contributed by atoms with van der Waals surface area (Å²) in [7, 11) is 0. The van der Waals surface area contributed by atoms with Crippen LogP contribution in [0.5, 0.6) is 0 Å². The van der Waals surface area contributed by atoms with Crippen molar-refractivity contribution < 1.29 is 10.2 Å². The van der Waals surface area contributed by atoms with Gasteiger partial charge in [-0.3, -0.25) is 0 Å². The number of hydrogen-bond acceptors (Lipinski definition) is 4. The Morgan fingerprint density at radius 1 is 1.38 bits per heavy atom. The number of rotatable bonds is 1. The fourth-order valence-electron chi connectivity index (χ4n) is 0.150. The maximum Gasteiger partial charge on any atom is 0.267 e. The second kappa shape index (κ2) is 2.27. The van der Waals surface area contributed by atoms with Crippen LogP contribution in [-0.4, -0.2) is 16.0 Å². The minimum Gasteiger partial charge on any atom is -0.353 e. The lowest BCUT2D eigenvalue weighted by Crippen LogP contribution is -2.24. The first-order chi connectivity index (χ1) is 3.62. The first-order valence-electron chi connectivity index (χ1n) is 1.85. The van der Waals surface area contributed by atoms with Crippen molar-refractivity contribution >= 4 is 0 Å². The molecule has 0 saturated carbocycles. The molecule has 0 bridgehead atoms. The van der Waals surface area contributed by atoms with Gasteiger partial charge >= 0.3 is 0 Å². The van der Waals surface area contributed by atoms with E-state index in [0.29, 0.717) is 0 Å². The van der Waals surface area contributed by atoms with Gasteiger partial charge in [-0.25, -0.2) is 0 Å². The van der Waals surface area contributed by atoms with Crippen molar-refractivity contribution in [3.8, 4) is 12.1 Å². The summed E-state index contributed by atoms with van der Waals surface area (Å²) in [4.78, 5) is 0. The van der Waals surface area contributed by atoms with E-state index in [4.69, 9.17) is 20.7 Å². The topological polar surface area (TPSA) is 88.0 Å². The molecule has 0 radical (unpaired) electrons. The van der Waals surface area contributed by atoms with E-state index in [-0.39, 0.29) is 0 Å². The van der Waals surface area contributed by atoms with Gasteiger partial charge in [-0.1, -0.05) is 0 Å². The number of hydrogen-bond donors (Lipinski definition) is 2. The summed E-state index contributed by atoms with van der Waals surface area (Å²) in [5, 5.41) is 32.2. The van der Waals surface area contributed by atoms with Crippen LogP contribution in [0.2, 0.25) is 0 Å². The Labute approximate surface area is 46.2 Å². The van der Waals surface area contributed by atoms with E-state index in [1.165, 1.54) is 6.07 Å². The Morgan fingerprint density at radius 3 is 2.00 bits per heavy atom. The van der Waals surface area contributed by atoms with Crippen molar-refractivity contribution in [2.75, 3.05) is 0 Å². The molecule has 0 aliphatic carbocycles. The van der Waals surface area contributed by atoms with Crippen LogP contribution in [0.3, 0.4) is 0 Å². The van der Waals surface area contributed by atoms with Gasteiger partial charge in [0.1, 0.15) is 12.5 Å². The summed E-state index contributed by atoms with van der Waals surface area (Å²) in [6, 6.07) is 2.57. The fourth-order valence-corrected chi connectivity index (χ4v) is 0.150. The molecule has 0 saturated heterocycles. The van der Waals surface area contributed by atoms with Crippen LogP contribution in [-0.2, 0) is 0 Å². The van der Waals surface area contributed by atoms with E-state index < -0.39 is 12.2 Å². The number of nitrogens with zero attached hydrogens (tertiary/aromatic N) is 2. The van der Waals surface area contributed by atoms with Gasteiger partial charge < -0.3 is 10.2 Å². The van der Waals surface area contributed by atoms with Gasteiger partial charge in [-0.15, -0.1) is 0 Å². The Bertz CT molecular complexity index is 150. The zero-order valence-corrected chi connectivity index (χ0v) is 4.00. The zero-order valence-electron chi connectivity index (χ0n) is 4.00. The summed E-state index contributed by atoms with van der Waals surface area (Å²) in [6.07, 6.45) is -0.580. The summed E-state index contributed by atoms with van der Waals surface area (Å²) in [5.74, 6) is -2.46. The monoisotopic (exact) mass is 112 g/mol. The zero-order chi connectivity index (χ0) is 6.62. The highest BCUT2D eigenvalue weighted by molar-refractivity contribution is 4.96. The van der Waals surface area contributed by atoms with Crippen molar-refractivity contribution in [2.24, 2.45) is 0 Å². The standard InChI is InChI=1S/C4H4N2O2/c5-2-1-4(7,8)3-6/h7-8H,1H2. The van der Waals surface area contributed by atoms with Crippen LogP contribution in [0.4, 0.5) is 0 Å². The normalized spacial score (nSPS) is 9.50. The average Bonchev–Trinajstić information content (AvgIpc) is 1.67. The Kier molecular flexibility index (Phi) is 1.96. The van der Waals surface area contributed by atoms with Gasteiger partial charge in [0.05, 0.1) is 6.07 Å². The molecule has 0 atom stereocenters. The quantitative estimate of drug-likeness (QED) is 0.340. The van der Waals surface area contributed by atoms with E-state index in [9.17, 15) is 0 Å². The lowest BCUT2D eigenvalue weighted by molar-refractivity contribution is -0.105. The first kappa shape index (κ1) is 6.90. The van der Waals surface area contributed by atoms with Gasteiger partial charge in [-0.2, -0.15) is 10.5 Å². The molecule has 0 aromatic carbocycles. The Hall–Kier alpha value is -1.10. The molecule has 0 aromatic rings. The van der Waals surface area contributed by atoms with Crippen LogP contribution >= 0.6 is 0 Å². The molecule has 2 N–H and O–H groups in total. The van der Waals surface area contributed by atoms with Crippen molar-refractivity contribution in [3.63, 3.8) is 0 Å². The van der Waals surface area contributed by atoms with Gasteiger partial charge in [0.15, 0.2) is 0 Å². The maximum atomic E-state index is 8.30. The van der Waals surface area contributed by atoms with Crippen LogP contribution in [0, 0.1) is 22.7 Å². The molecule has 0 rings (SSSR count). The second-order valence-electron chi connectivity index (χ2n) is 1.26. The second-order valence-corrected chi connectivity index (χ2v) is 1.26. The molecule has 0 aliphatic rings. The predicted octanol–water partition coefficient (Wildman–Crippen LogP) is -0.895.